The molecule has 0 N–H and O–H groups in total. The molecule has 0 unspecified atom stereocenters. The van der Waals surface area contributed by atoms with Crippen molar-refractivity contribution in [2.75, 3.05) is 5.75 Å². The molecular formula is C9H8N2O4S. The van der Waals surface area contributed by atoms with Crippen LogP contribution in [0, 0.1) is 28.4 Å². The molecule has 0 bridgehead atoms. The van der Waals surface area contributed by atoms with Crippen LogP contribution in [0.5, 0.6) is 0 Å². The van der Waals surface area contributed by atoms with E-state index in [0.29, 0.717) is 5.56 Å². The second-order valence-corrected chi connectivity index (χ2v) is 5.08. The van der Waals surface area contributed by atoms with Crippen LogP contribution < -0.4 is 0 Å². The first-order valence-electron chi connectivity index (χ1n) is 4.23. The van der Waals surface area contributed by atoms with Crippen LogP contribution in [0.2, 0.25) is 0 Å². The van der Waals surface area contributed by atoms with Crippen LogP contribution in [-0.4, -0.2) is 19.1 Å². The van der Waals surface area contributed by atoms with Gasteiger partial charge in [-0.05, 0) is 12.5 Å². The third-order valence-electron chi connectivity index (χ3n) is 1.97. The highest BCUT2D eigenvalue weighted by Crippen LogP contribution is 2.22. The molecule has 0 amide bonds. The highest BCUT2D eigenvalue weighted by Gasteiger charge is 2.20. The van der Waals surface area contributed by atoms with Crippen LogP contribution in [0.1, 0.15) is 5.56 Å². The Hall–Kier alpha value is -1.94. The summed E-state index contributed by atoms with van der Waals surface area (Å²) in [6.45, 7) is 1.52. The Morgan fingerprint density at radius 2 is 2.12 bits per heavy atom. The van der Waals surface area contributed by atoms with E-state index in [1.165, 1.54) is 25.1 Å². The molecule has 0 aromatic heterocycles. The van der Waals surface area contributed by atoms with Gasteiger partial charge >= 0.3 is 0 Å². The summed E-state index contributed by atoms with van der Waals surface area (Å²) in [5.41, 5.74) is 0.0861. The first-order chi connectivity index (χ1) is 7.38. The van der Waals surface area contributed by atoms with Gasteiger partial charge in [-0.25, -0.2) is 8.42 Å². The smallest absolute Gasteiger partial charge is 0.258 e. The molecule has 0 radical (unpaired) electrons. The minimum atomic E-state index is -3.76. The van der Waals surface area contributed by atoms with E-state index < -0.39 is 20.5 Å². The topological polar surface area (TPSA) is 101 Å². The minimum Gasteiger partial charge on any atom is -0.258 e. The molecule has 84 valence electrons. The fourth-order valence-electron chi connectivity index (χ4n) is 1.20. The number of nitriles is 1. The maximum absolute atomic E-state index is 11.6. The average molecular weight is 240 g/mol. The number of sulfone groups is 1. The summed E-state index contributed by atoms with van der Waals surface area (Å²) in [4.78, 5) is 9.66. The van der Waals surface area contributed by atoms with Gasteiger partial charge in [0.15, 0.2) is 9.84 Å². The number of non-ortho nitro benzene ring substituents is 1. The third kappa shape index (κ3) is 2.35. The average Bonchev–Trinajstić information content (AvgIpc) is 2.17. The lowest BCUT2D eigenvalue weighted by molar-refractivity contribution is -0.385. The largest absolute Gasteiger partial charge is 0.270 e. The molecule has 0 heterocycles. The summed E-state index contributed by atoms with van der Waals surface area (Å²) in [6, 6.07) is 5.07. The van der Waals surface area contributed by atoms with Gasteiger partial charge in [-0.2, -0.15) is 5.26 Å². The summed E-state index contributed by atoms with van der Waals surface area (Å²) in [5.74, 6) is -0.686. The predicted molar refractivity (Wildman–Crippen MR) is 55.5 cm³/mol. The Bertz CT molecular complexity index is 572. The number of aryl methyl sites for hydroxylation is 1. The Labute approximate surface area is 92.2 Å². The van der Waals surface area contributed by atoms with E-state index >= 15 is 0 Å². The molecule has 0 aliphatic heterocycles. The maximum atomic E-state index is 11.6. The number of hydrogen-bond acceptors (Lipinski definition) is 5. The quantitative estimate of drug-likeness (QED) is 0.583. The van der Waals surface area contributed by atoms with Crippen molar-refractivity contribution in [1.82, 2.24) is 0 Å². The number of nitro benzene ring substituents is 1. The highest BCUT2D eigenvalue weighted by atomic mass is 32.2. The normalized spacial score (nSPS) is 10.8. The van der Waals surface area contributed by atoms with Gasteiger partial charge in [-0.1, -0.05) is 6.07 Å². The molecule has 0 atom stereocenters. The van der Waals surface area contributed by atoms with Gasteiger partial charge in [-0.15, -0.1) is 0 Å². The molecule has 0 saturated carbocycles. The Kier molecular flexibility index (Phi) is 3.25. The second kappa shape index (κ2) is 4.28. The van der Waals surface area contributed by atoms with E-state index in [1.54, 1.807) is 0 Å². The van der Waals surface area contributed by atoms with E-state index in [0.717, 1.165) is 6.07 Å². The van der Waals surface area contributed by atoms with Gasteiger partial charge in [0.05, 0.1) is 15.9 Å². The van der Waals surface area contributed by atoms with Crippen molar-refractivity contribution >= 4 is 15.5 Å². The summed E-state index contributed by atoms with van der Waals surface area (Å²) in [5, 5.41) is 18.9. The minimum absolute atomic E-state index is 0.164. The molecule has 16 heavy (non-hydrogen) atoms. The van der Waals surface area contributed by atoms with E-state index in [-0.39, 0.29) is 10.6 Å². The molecular weight excluding hydrogens is 232 g/mol. The fourth-order valence-corrected chi connectivity index (χ4v) is 2.38. The molecule has 0 fully saturated rings. The monoisotopic (exact) mass is 240 g/mol. The lowest BCUT2D eigenvalue weighted by Crippen LogP contribution is -2.07. The first-order valence-corrected chi connectivity index (χ1v) is 5.88. The van der Waals surface area contributed by atoms with Gasteiger partial charge in [0.25, 0.3) is 5.69 Å². The maximum Gasteiger partial charge on any atom is 0.270 e. The van der Waals surface area contributed by atoms with Crippen molar-refractivity contribution in [3.8, 4) is 6.07 Å². The molecule has 0 saturated heterocycles. The molecule has 0 spiro atoms. The standard InChI is InChI=1S/C9H8N2O4S/c1-7-2-3-8(11(12)13)6-9(7)16(14,15)5-4-10/h2-3,6H,5H2,1H3. The van der Waals surface area contributed by atoms with Crippen LogP contribution in [0.3, 0.4) is 0 Å². The van der Waals surface area contributed by atoms with Crippen LogP contribution in [0.15, 0.2) is 23.1 Å². The van der Waals surface area contributed by atoms with E-state index in [2.05, 4.69) is 0 Å². The number of hydrogen-bond donors (Lipinski definition) is 0. The Morgan fingerprint density at radius 1 is 1.50 bits per heavy atom. The number of nitrogens with zero attached hydrogens (tertiary/aromatic N) is 2. The van der Waals surface area contributed by atoms with Crippen LogP contribution in [0.4, 0.5) is 5.69 Å². The van der Waals surface area contributed by atoms with Crippen molar-refractivity contribution in [2.24, 2.45) is 0 Å². The van der Waals surface area contributed by atoms with Crippen LogP contribution in [-0.2, 0) is 9.84 Å². The van der Waals surface area contributed by atoms with Crippen molar-refractivity contribution < 1.29 is 13.3 Å². The van der Waals surface area contributed by atoms with E-state index in [4.69, 9.17) is 5.26 Å². The van der Waals surface area contributed by atoms with Gasteiger partial charge in [0.2, 0.25) is 0 Å². The number of nitro groups is 1. The molecule has 1 rings (SSSR count). The lowest BCUT2D eigenvalue weighted by atomic mass is 10.2. The molecule has 0 aliphatic rings. The van der Waals surface area contributed by atoms with Crippen molar-refractivity contribution in [3.63, 3.8) is 0 Å². The zero-order valence-corrected chi connectivity index (χ0v) is 9.19. The zero-order valence-electron chi connectivity index (χ0n) is 8.37. The summed E-state index contributed by atoms with van der Waals surface area (Å²) < 4.78 is 23.2. The third-order valence-corrected chi connectivity index (χ3v) is 3.59. The Balaban J connectivity index is 3.40. The second-order valence-electron chi connectivity index (χ2n) is 3.12. The predicted octanol–water partition coefficient (Wildman–Crippen LogP) is 1.20. The molecule has 1 aromatic rings. The molecule has 7 heteroatoms. The van der Waals surface area contributed by atoms with Crippen LogP contribution >= 0.6 is 0 Å². The van der Waals surface area contributed by atoms with Crippen LogP contribution in [0.25, 0.3) is 0 Å². The number of rotatable bonds is 3. The van der Waals surface area contributed by atoms with E-state index in [1.807, 2.05) is 0 Å². The Morgan fingerprint density at radius 3 is 2.62 bits per heavy atom. The fraction of sp³-hybridized carbons (Fsp3) is 0.222. The van der Waals surface area contributed by atoms with Gasteiger partial charge < -0.3 is 0 Å². The van der Waals surface area contributed by atoms with Gasteiger partial charge in [-0.3, -0.25) is 10.1 Å². The first kappa shape index (κ1) is 12.1. The highest BCUT2D eigenvalue weighted by molar-refractivity contribution is 7.91. The summed E-state index contributed by atoms with van der Waals surface area (Å²) in [6.07, 6.45) is 0. The molecule has 6 nitrogen and oxygen atoms in total. The zero-order chi connectivity index (χ0) is 12.3. The molecule has 0 aliphatic carbocycles. The summed E-state index contributed by atoms with van der Waals surface area (Å²) >= 11 is 0. The van der Waals surface area contributed by atoms with Crippen molar-refractivity contribution in [3.05, 3.63) is 33.9 Å². The van der Waals surface area contributed by atoms with Gasteiger partial charge in [0, 0.05) is 12.1 Å². The van der Waals surface area contributed by atoms with Crippen molar-refractivity contribution in [2.45, 2.75) is 11.8 Å². The SMILES string of the molecule is Cc1ccc([N+](=O)[O-])cc1S(=O)(=O)CC#N. The van der Waals surface area contributed by atoms with Crippen molar-refractivity contribution in [1.29, 1.82) is 5.26 Å². The summed E-state index contributed by atoms with van der Waals surface area (Å²) in [7, 11) is -3.76. The van der Waals surface area contributed by atoms with E-state index in [9.17, 15) is 18.5 Å². The number of benzene rings is 1. The van der Waals surface area contributed by atoms with Gasteiger partial charge in [0.1, 0.15) is 5.75 Å². The molecule has 1 aromatic carbocycles. The lowest BCUT2D eigenvalue weighted by Gasteiger charge is -2.03.